The average Bonchev–Trinajstić information content (AvgIpc) is 2.84. The van der Waals surface area contributed by atoms with E-state index in [0.29, 0.717) is 5.16 Å². The second kappa shape index (κ2) is 6.39. The van der Waals surface area contributed by atoms with Crippen molar-refractivity contribution in [3.8, 4) is 0 Å². The lowest BCUT2D eigenvalue weighted by Gasteiger charge is -2.20. The molecule has 2 heterocycles. The van der Waals surface area contributed by atoms with Gasteiger partial charge >= 0.3 is 0 Å². The number of benzene rings is 1. The van der Waals surface area contributed by atoms with Crippen LogP contribution in [0.4, 0.5) is 0 Å². The highest BCUT2D eigenvalue weighted by Gasteiger charge is 2.16. The summed E-state index contributed by atoms with van der Waals surface area (Å²) < 4.78 is 2.12. The number of fused-ring (bicyclic) bond motifs is 3. The summed E-state index contributed by atoms with van der Waals surface area (Å²) in [6, 6.07) is 8.09. The Bertz CT molecular complexity index is 897. The monoisotopic (exact) mass is 343 g/mol. The maximum Gasteiger partial charge on any atom is 0.230 e. The van der Waals surface area contributed by atoms with Crippen molar-refractivity contribution in [2.24, 2.45) is 0 Å². The number of carbonyl (C=O) groups is 1. The van der Waals surface area contributed by atoms with Gasteiger partial charge in [-0.1, -0.05) is 30.0 Å². The van der Waals surface area contributed by atoms with Crippen LogP contribution in [0.5, 0.6) is 0 Å². The molecule has 0 aliphatic carbocycles. The molecule has 0 aliphatic rings. The van der Waals surface area contributed by atoms with Crippen LogP contribution in [0.2, 0.25) is 0 Å². The summed E-state index contributed by atoms with van der Waals surface area (Å²) >= 11 is 1.30. The Morgan fingerprint density at radius 1 is 1.25 bits per heavy atom. The molecule has 0 spiro atoms. The van der Waals surface area contributed by atoms with Crippen LogP contribution in [0.15, 0.2) is 29.4 Å². The Morgan fingerprint density at radius 2 is 2.00 bits per heavy atom. The molecule has 0 fully saturated rings. The number of nitrogens with one attached hydrogen (secondary N) is 1. The highest BCUT2D eigenvalue weighted by atomic mass is 32.2. The molecule has 0 aliphatic heterocycles. The summed E-state index contributed by atoms with van der Waals surface area (Å²) in [6.45, 7) is 8.76. The predicted molar refractivity (Wildman–Crippen MR) is 97.1 cm³/mol. The van der Waals surface area contributed by atoms with E-state index in [-0.39, 0.29) is 17.2 Å². The van der Waals surface area contributed by atoms with Gasteiger partial charge in [-0.2, -0.15) is 0 Å². The minimum atomic E-state index is -0.241. The number of aromatic nitrogens is 4. The first-order chi connectivity index (χ1) is 11.4. The van der Waals surface area contributed by atoms with Gasteiger partial charge in [0, 0.05) is 17.5 Å². The van der Waals surface area contributed by atoms with Crippen LogP contribution < -0.4 is 5.32 Å². The maximum absolute atomic E-state index is 11.9. The molecule has 3 aromatic rings. The molecule has 6 nitrogen and oxygen atoms in total. The van der Waals surface area contributed by atoms with Gasteiger partial charge in [0.2, 0.25) is 11.1 Å². The molecule has 1 aromatic carbocycles. The SMILES string of the molecule is CCn1c2ccccc2c2nnc(SCC(=O)NC(C)(C)C)nc21. The molecular formula is C17H21N5OS. The topological polar surface area (TPSA) is 72.7 Å². The number of hydrogen-bond donors (Lipinski definition) is 1. The number of carbonyl (C=O) groups excluding carboxylic acids is 1. The van der Waals surface area contributed by atoms with Gasteiger partial charge < -0.3 is 9.88 Å². The van der Waals surface area contributed by atoms with E-state index in [2.05, 4.69) is 38.1 Å². The maximum atomic E-state index is 11.9. The summed E-state index contributed by atoms with van der Waals surface area (Å²) in [5.41, 5.74) is 2.47. The van der Waals surface area contributed by atoms with Crippen LogP contribution in [0.25, 0.3) is 22.1 Å². The number of nitrogens with zero attached hydrogens (tertiary/aromatic N) is 4. The first-order valence-electron chi connectivity index (χ1n) is 7.94. The molecule has 0 radical (unpaired) electrons. The molecule has 1 N–H and O–H groups in total. The van der Waals surface area contributed by atoms with Gasteiger partial charge in [-0.05, 0) is 33.8 Å². The molecule has 0 atom stereocenters. The lowest BCUT2D eigenvalue weighted by atomic mass is 10.1. The molecule has 0 bridgehead atoms. The molecule has 2 aromatic heterocycles. The zero-order valence-electron chi connectivity index (χ0n) is 14.3. The Balaban J connectivity index is 1.89. The van der Waals surface area contributed by atoms with E-state index in [0.717, 1.165) is 28.6 Å². The van der Waals surface area contributed by atoms with Crippen molar-refractivity contribution >= 4 is 39.7 Å². The second-order valence-electron chi connectivity index (χ2n) is 6.61. The molecule has 0 unspecified atom stereocenters. The van der Waals surface area contributed by atoms with E-state index in [1.165, 1.54) is 11.8 Å². The first-order valence-corrected chi connectivity index (χ1v) is 8.93. The van der Waals surface area contributed by atoms with Crippen molar-refractivity contribution in [2.45, 2.75) is 44.9 Å². The largest absolute Gasteiger partial charge is 0.351 e. The van der Waals surface area contributed by atoms with Crippen molar-refractivity contribution < 1.29 is 4.79 Å². The molecule has 126 valence electrons. The zero-order chi connectivity index (χ0) is 17.3. The van der Waals surface area contributed by atoms with Gasteiger partial charge in [0.25, 0.3) is 0 Å². The number of hydrogen-bond acceptors (Lipinski definition) is 5. The van der Waals surface area contributed by atoms with Gasteiger partial charge in [0.15, 0.2) is 5.65 Å². The molecule has 3 rings (SSSR count). The summed E-state index contributed by atoms with van der Waals surface area (Å²) in [5, 5.41) is 13.0. The number of thioether (sulfide) groups is 1. The van der Waals surface area contributed by atoms with Crippen LogP contribution in [-0.4, -0.2) is 36.9 Å². The third-order valence-electron chi connectivity index (χ3n) is 3.52. The molecule has 7 heteroatoms. The summed E-state index contributed by atoms with van der Waals surface area (Å²) in [5.74, 6) is 0.240. The van der Waals surface area contributed by atoms with Gasteiger partial charge in [0.1, 0.15) is 5.52 Å². The highest BCUT2D eigenvalue weighted by molar-refractivity contribution is 7.99. The van der Waals surface area contributed by atoms with E-state index in [1.54, 1.807) is 0 Å². The number of aryl methyl sites for hydroxylation is 1. The standard InChI is InChI=1S/C17H21N5OS/c1-5-22-12-9-7-6-8-11(12)14-15(22)18-16(21-20-14)24-10-13(23)19-17(2,3)4/h6-9H,5,10H2,1-4H3,(H,19,23). The van der Waals surface area contributed by atoms with Crippen LogP contribution in [0.3, 0.4) is 0 Å². The van der Waals surface area contributed by atoms with Crippen LogP contribution >= 0.6 is 11.8 Å². The van der Waals surface area contributed by atoms with E-state index < -0.39 is 0 Å². The Kier molecular flexibility index (Phi) is 4.45. The van der Waals surface area contributed by atoms with Crippen molar-refractivity contribution in [3.05, 3.63) is 24.3 Å². The Labute approximate surface area is 145 Å². The molecule has 1 amide bonds. The van der Waals surface area contributed by atoms with Gasteiger partial charge in [-0.3, -0.25) is 4.79 Å². The predicted octanol–water partition coefficient (Wildman–Crippen LogP) is 3.01. The second-order valence-corrected chi connectivity index (χ2v) is 7.56. The molecule has 0 saturated heterocycles. The van der Waals surface area contributed by atoms with Gasteiger partial charge in [0.05, 0.1) is 11.3 Å². The Morgan fingerprint density at radius 3 is 2.71 bits per heavy atom. The fourth-order valence-corrected chi connectivity index (χ4v) is 3.24. The lowest BCUT2D eigenvalue weighted by Crippen LogP contribution is -2.41. The van der Waals surface area contributed by atoms with Crippen molar-refractivity contribution in [3.63, 3.8) is 0 Å². The minimum absolute atomic E-state index is 0.0350. The van der Waals surface area contributed by atoms with Crippen molar-refractivity contribution in [2.75, 3.05) is 5.75 Å². The van der Waals surface area contributed by atoms with Crippen LogP contribution in [-0.2, 0) is 11.3 Å². The molecular weight excluding hydrogens is 322 g/mol. The average molecular weight is 343 g/mol. The van der Waals surface area contributed by atoms with E-state index >= 15 is 0 Å². The van der Waals surface area contributed by atoms with E-state index in [4.69, 9.17) is 0 Å². The zero-order valence-corrected chi connectivity index (χ0v) is 15.1. The van der Waals surface area contributed by atoms with Crippen LogP contribution in [0.1, 0.15) is 27.7 Å². The fraction of sp³-hybridized carbons (Fsp3) is 0.412. The molecule has 0 saturated carbocycles. The highest BCUT2D eigenvalue weighted by Crippen LogP contribution is 2.26. The summed E-state index contributed by atoms with van der Waals surface area (Å²) in [4.78, 5) is 16.6. The molecule has 24 heavy (non-hydrogen) atoms. The number of rotatable bonds is 4. The van der Waals surface area contributed by atoms with Gasteiger partial charge in [-0.15, -0.1) is 10.2 Å². The summed E-state index contributed by atoms with van der Waals surface area (Å²) in [6.07, 6.45) is 0. The Hall–Kier alpha value is -2.15. The quantitative estimate of drug-likeness (QED) is 0.737. The normalized spacial score (nSPS) is 12.0. The lowest BCUT2D eigenvalue weighted by molar-refractivity contribution is -0.119. The minimum Gasteiger partial charge on any atom is -0.351 e. The fourth-order valence-electron chi connectivity index (χ4n) is 2.65. The van der Waals surface area contributed by atoms with Gasteiger partial charge in [-0.25, -0.2) is 4.98 Å². The van der Waals surface area contributed by atoms with Crippen LogP contribution in [0, 0.1) is 0 Å². The van der Waals surface area contributed by atoms with Crippen molar-refractivity contribution in [1.29, 1.82) is 0 Å². The third kappa shape index (κ3) is 3.36. The summed E-state index contributed by atoms with van der Waals surface area (Å²) in [7, 11) is 0. The number of amides is 1. The first kappa shape index (κ1) is 16.7. The van der Waals surface area contributed by atoms with Crippen molar-refractivity contribution in [1.82, 2.24) is 25.1 Å². The third-order valence-corrected chi connectivity index (χ3v) is 4.36. The van der Waals surface area contributed by atoms with E-state index in [1.807, 2.05) is 39.0 Å². The van der Waals surface area contributed by atoms with E-state index in [9.17, 15) is 4.79 Å². The number of para-hydroxylation sites is 1. The smallest absolute Gasteiger partial charge is 0.230 e.